The molecule has 5 heteroatoms. The maximum Gasteiger partial charge on any atom is 0.253 e. The van der Waals surface area contributed by atoms with Crippen LogP contribution in [0.4, 0.5) is 5.69 Å². The number of nitrogens with one attached hydrogen (secondary N) is 1. The zero-order valence-corrected chi connectivity index (χ0v) is 11.6. The third kappa shape index (κ3) is 3.57. The standard InChI is InChI=1S/C15H19NO4/c1-2-7-19-13-6-5-11(10-17)9-12(13)16-15(18)14-4-3-8-20-14/h5-6,9-10,14H,2-4,7-8H2,1H3,(H,16,18). The highest BCUT2D eigenvalue weighted by molar-refractivity contribution is 5.96. The van der Waals surface area contributed by atoms with Gasteiger partial charge in [0.2, 0.25) is 0 Å². The Kier molecular flexibility index (Phi) is 5.12. The van der Waals surface area contributed by atoms with Crippen LogP contribution in [0.5, 0.6) is 5.75 Å². The fraction of sp³-hybridized carbons (Fsp3) is 0.467. The predicted octanol–water partition coefficient (Wildman–Crippen LogP) is 2.41. The highest BCUT2D eigenvalue weighted by atomic mass is 16.5. The molecule has 1 fully saturated rings. The topological polar surface area (TPSA) is 64.6 Å². The summed E-state index contributed by atoms with van der Waals surface area (Å²) in [4.78, 5) is 22.9. The Labute approximate surface area is 118 Å². The summed E-state index contributed by atoms with van der Waals surface area (Å²) in [6.07, 6.45) is 2.82. The maximum absolute atomic E-state index is 12.1. The van der Waals surface area contributed by atoms with E-state index in [1.165, 1.54) is 0 Å². The van der Waals surface area contributed by atoms with E-state index in [1.54, 1.807) is 18.2 Å². The second-order valence-corrected chi connectivity index (χ2v) is 4.71. The van der Waals surface area contributed by atoms with Crippen LogP contribution in [0.15, 0.2) is 18.2 Å². The van der Waals surface area contributed by atoms with Crippen molar-refractivity contribution in [3.63, 3.8) is 0 Å². The Morgan fingerprint density at radius 3 is 3.05 bits per heavy atom. The molecule has 1 saturated heterocycles. The van der Waals surface area contributed by atoms with Gasteiger partial charge in [0.1, 0.15) is 18.1 Å². The summed E-state index contributed by atoms with van der Waals surface area (Å²) in [7, 11) is 0. The number of benzene rings is 1. The molecule has 5 nitrogen and oxygen atoms in total. The first-order chi connectivity index (χ1) is 9.74. The average Bonchev–Trinajstić information content (AvgIpc) is 3.00. The second-order valence-electron chi connectivity index (χ2n) is 4.71. The molecular formula is C15H19NO4. The summed E-state index contributed by atoms with van der Waals surface area (Å²) in [5.74, 6) is 0.385. The molecule has 0 aliphatic carbocycles. The van der Waals surface area contributed by atoms with Crippen molar-refractivity contribution in [2.75, 3.05) is 18.5 Å². The van der Waals surface area contributed by atoms with E-state index in [2.05, 4.69) is 5.32 Å². The first-order valence-electron chi connectivity index (χ1n) is 6.89. The van der Waals surface area contributed by atoms with E-state index >= 15 is 0 Å². The van der Waals surface area contributed by atoms with Crippen molar-refractivity contribution in [3.8, 4) is 5.75 Å². The van der Waals surface area contributed by atoms with Gasteiger partial charge in [0.15, 0.2) is 0 Å². The highest BCUT2D eigenvalue weighted by Crippen LogP contribution is 2.26. The zero-order chi connectivity index (χ0) is 14.4. The Morgan fingerprint density at radius 1 is 1.55 bits per heavy atom. The molecule has 1 aromatic carbocycles. The summed E-state index contributed by atoms with van der Waals surface area (Å²) in [5, 5.41) is 2.79. The predicted molar refractivity (Wildman–Crippen MR) is 75.2 cm³/mol. The molecule has 0 radical (unpaired) electrons. The van der Waals surface area contributed by atoms with E-state index in [0.29, 0.717) is 30.2 Å². The van der Waals surface area contributed by atoms with E-state index in [-0.39, 0.29) is 5.91 Å². The molecule has 1 aliphatic rings. The third-order valence-corrected chi connectivity index (χ3v) is 3.08. The zero-order valence-electron chi connectivity index (χ0n) is 11.6. The molecule has 1 aromatic rings. The molecule has 20 heavy (non-hydrogen) atoms. The average molecular weight is 277 g/mol. The van der Waals surface area contributed by atoms with Crippen molar-refractivity contribution in [2.24, 2.45) is 0 Å². The Morgan fingerprint density at radius 2 is 2.40 bits per heavy atom. The first kappa shape index (κ1) is 14.5. The van der Waals surface area contributed by atoms with Crippen LogP contribution in [0.2, 0.25) is 0 Å². The van der Waals surface area contributed by atoms with E-state index in [0.717, 1.165) is 25.5 Å². The lowest BCUT2D eigenvalue weighted by Crippen LogP contribution is -2.27. The summed E-state index contributed by atoms with van der Waals surface area (Å²) in [5.41, 5.74) is 1.01. The number of hydrogen-bond acceptors (Lipinski definition) is 4. The van der Waals surface area contributed by atoms with Crippen LogP contribution in [-0.2, 0) is 9.53 Å². The summed E-state index contributed by atoms with van der Waals surface area (Å²) < 4.78 is 10.9. The second kappa shape index (κ2) is 7.05. The van der Waals surface area contributed by atoms with Crippen LogP contribution >= 0.6 is 0 Å². The first-order valence-corrected chi connectivity index (χ1v) is 6.89. The lowest BCUT2D eigenvalue weighted by atomic mass is 10.2. The van der Waals surface area contributed by atoms with Gasteiger partial charge < -0.3 is 14.8 Å². The molecular weight excluding hydrogens is 258 g/mol. The lowest BCUT2D eigenvalue weighted by molar-refractivity contribution is -0.124. The largest absolute Gasteiger partial charge is 0.491 e. The Balaban J connectivity index is 2.13. The van der Waals surface area contributed by atoms with Crippen molar-refractivity contribution in [3.05, 3.63) is 23.8 Å². The quantitative estimate of drug-likeness (QED) is 0.811. The van der Waals surface area contributed by atoms with Gasteiger partial charge in [-0.25, -0.2) is 0 Å². The molecule has 1 aliphatic heterocycles. The van der Waals surface area contributed by atoms with Crippen LogP contribution in [0.25, 0.3) is 0 Å². The number of anilines is 1. The molecule has 2 rings (SSSR count). The van der Waals surface area contributed by atoms with Gasteiger partial charge in [-0.3, -0.25) is 9.59 Å². The fourth-order valence-electron chi connectivity index (χ4n) is 2.05. The van der Waals surface area contributed by atoms with Crippen molar-refractivity contribution >= 4 is 17.9 Å². The summed E-state index contributed by atoms with van der Waals surface area (Å²) in [6.45, 7) is 3.18. The number of ether oxygens (including phenoxy) is 2. The minimum atomic E-state index is -0.408. The number of aldehydes is 1. The number of carbonyl (C=O) groups is 2. The van der Waals surface area contributed by atoms with Gasteiger partial charge in [-0.1, -0.05) is 6.92 Å². The van der Waals surface area contributed by atoms with Crippen molar-refractivity contribution in [1.82, 2.24) is 0 Å². The molecule has 1 heterocycles. The summed E-state index contributed by atoms with van der Waals surface area (Å²) in [6, 6.07) is 4.98. The summed E-state index contributed by atoms with van der Waals surface area (Å²) >= 11 is 0. The maximum atomic E-state index is 12.1. The molecule has 0 saturated carbocycles. The van der Waals surface area contributed by atoms with Crippen LogP contribution in [-0.4, -0.2) is 31.5 Å². The monoisotopic (exact) mass is 277 g/mol. The van der Waals surface area contributed by atoms with Crippen LogP contribution in [0.3, 0.4) is 0 Å². The van der Waals surface area contributed by atoms with E-state index in [1.807, 2.05) is 6.92 Å². The van der Waals surface area contributed by atoms with E-state index < -0.39 is 6.10 Å². The molecule has 0 bridgehead atoms. The van der Waals surface area contributed by atoms with Crippen molar-refractivity contribution < 1.29 is 19.1 Å². The number of carbonyl (C=O) groups excluding carboxylic acids is 2. The molecule has 0 aromatic heterocycles. The highest BCUT2D eigenvalue weighted by Gasteiger charge is 2.24. The van der Waals surface area contributed by atoms with E-state index in [9.17, 15) is 9.59 Å². The fourth-order valence-corrected chi connectivity index (χ4v) is 2.05. The van der Waals surface area contributed by atoms with Gasteiger partial charge in [0, 0.05) is 12.2 Å². The lowest BCUT2D eigenvalue weighted by Gasteiger charge is -2.15. The molecule has 1 atom stereocenters. The number of hydrogen-bond donors (Lipinski definition) is 1. The van der Waals surface area contributed by atoms with Gasteiger partial charge in [0.05, 0.1) is 12.3 Å². The molecule has 0 spiro atoms. The number of rotatable bonds is 6. The van der Waals surface area contributed by atoms with Crippen LogP contribution < -0.4 is 10.1 Å². The smallest absolute Gasteiger partial charge is 0.253 e. The molecule has 1 unspecified atom stereocenters. The molecule has 1 amide bonds. The third-order valence-electron chi connectivity index (χ3n) is 3.08. The Hall–Kier alpha value is -1.88. The van der Waals surface area contributed by atoms with Crippen molar-refractivity contribution in [2.45, 2.75) is 32.3 Å². The van der Waals surface area contributed by atoms with Gasteiger partial charge in [0.25, 0.3) is 5.91 Å². The minimum absolute atomic E-state index is 0.188. The molecule has 108 valence electrons. The SMILES string of the molecule is CCCOc1ccc(C=O)cc1NC(=O)C1CCCO1. The normalized spacial score (nSPS) is 17.8. The van der Waals surface area contributed by atoms with Crippen molar-refractivity contribution in [1.29, 1.82) is 0 Å². The van der Waals surface area contributed by atoms with Gasteiger partial charge in [-0.15, -0.1) is 0 Å². The Bertz CT molecular complexity index is 481. The van der Waals surface area contributed by atoms with Gasteiger partial charge >= 0.3 is 0 Å². The number of amides is 1. The van der Waals surface area contributed by atoms with E-state index in [4.69, 9.17) is 9.47 Å². The van der Waals surface area contributed by atoms with Gasteiger partial charge in [-0.2, -0.15) is 0 Å². The van der Waals surface area contributed by atoms with Crippen LogP contribution in [0, 0.1) is 0 Å². The minimum Gasteiger partial charge on any atom is -0.491 e. The molecule has 1 N–H and O–H groups in total. The van der Waals surface area contributed by atoms with Gasteiger partial charge in [-0.05, 0) is 37.5 Å². The van der Waals surface area contributed by atoms with Crippen LogP contribution in [0.1, 0.15) is 36.5 Å².